The number of hydrogen-bond acceptors (Lipinski definition) is 6. The van der Waals surface area contributed by atoms with Crippen molar-refractivity contribution in [2.24, 2.45) is 0 Å². The number of carbonyl (C=O) groups excluding carboxylic acids is 2. The topological polar surface area (TPSA) is 92.8 Å². The van der Waals surface area contributed by atoms with Crippen molar-refractivity contribution >= 4 is 45.3 Å². The van der Waals surface area contributed by atoms with Gasteiger partial charge in [0.2, 0.25) is 10.0 Å². The van der Waals surface area contributed by atoms with Crippen molar-refractivity contribution in [1.29, 1.82) is 0 Å². The Morgan fingerprint density at radius 2 is 2.08 bits per heavy atom. The molecule has 1 atom stereocenters. The fraction of sp³-hybridized carbons (Fsp3) is 0.500. The van der Waals surface area contributed by atoms with E-state index in [0.717, 1.165) is 12.8 Å². The van der Waals surface area contributed by atoms with Crippen LogP contribution in [-0.4, -0.2) is 62.4 Å². The van der Waals surface area contributed by atoms with Crippen LogP contribution in [0.5, 0.6) is 0 Å². The Hall–Kier alpha value is -1.29. The standard InChI is InChI=1S/C16H19ClN2O5S2/c1-24-16(21)13-9-19(6-7-25-13)15(20)10-2-5-12(17)14(8-10)26(22,23)18-11-3-4-11/h2,5,8,11,13,18H,3-4,6-7,9H2,1H3/t13-/m0/s1. The summed E-state index contributed by atoms with van der Waals surface area (Å²) in [5.41, 5.74) is 0.223. The van der Waals surface area contributed by atoms with E-state index in [2.05, 4.69) is 4.72 Å². The lowest BCUT2D eigenvalue weighted by molar-refractivity contribution is -0.140. The van der Waals surface area contributed by atoms with Crippen LogP contribution in [0.15, 0.2) is 23.1 Å². The summed E-state index contributed by atoms with van der Waals surface area (Å²) in [6.07, 6.45) is 1.60. The molecule has 0 radical (unpaired) electrons. The van der Waals surface area contributed by atoms with E-state index < -0.39 is 15.3 Å². The third kappa shape index (κ3) is 4.33. The molecular weight excluding hydrogens is 400 g/mol. The first-order valence-corrected chi connectivity index (χ1v) is 11.0. The Balaban J connectivity index is 1.81. The number of halogens is 1. The molecule has 142 valence electrons. The van der Waals surface area contributed by atoms with Gasteiger partial charge in [-0.05, 0) is 31.0 Å². The molecule has 1 aromatic rings. The second kappa shape index (κ2) is 7.75. The predicted octanol–water partition coefficient (Wildman–Crippen LogP) is 1.51. The van der Waals surface area contributed by atoms with E-state index in [1.807, 2.05) is 0 Å². The molecule has 26 heavy (non-hydrogen) atoms. The van der Waals surface area contributed by atoms with E-state index in [0.29, 0.717) is 12.3 Å². The summed E-state index contributed by atoms with van der Waals surface area (Å²) in [6.45, 7) is 0.698. The number of hydrogen-bond donors (Lipinski definition) is 1. The Bertz CT molecular complexity index is 826. The molecule has 2 fully saturated rings. The van der Waals surface area contributed by atoms with Gasteiger partial charge in [-0.2, -0.15) is 0 Å². The van der Waals surface area contributed by atoms with Gasteiger partial charge in [0.15, 0.2) is 0 Å². The molecule has 1 saturated carbocycles. The minimum atomic E-state index is -3.77. The van der Waals surface area contributed by atoms with Crippen LogP contribution in [0.2, 0.25) is 5.02 Å². The molecule has 1 amide bonds. The van der Waals surface area contributed by atoms with E-state index in [4.69, 9.17) is 16.3 Å². The largest absolute Gasteiger partial charge is 0.468 e. The monoisotopic (exact) mass is 418 g/mol. The molecule has 0 aromatic heterocycles. The van der Waals surface area contributed by atoms with Crippen LogP contribution in [0.4, 0.5) is 0 Å². The first-order chi connectivity index (χ1) is 12.3. The second-order valence-electron chi connectivity index (χ2n) is 6.17. The number of rotatable bonds is 5. The highest BCUT2D eigenvalue weighted by atomic mass is 35.5. The van der Waals surface area contributed by atoms with Crippen LogP contribution in [-0.2, 0) is 19.6 Å². The van der Waals surface area contributed by atoms with Crippen molar-refractivity contribution in [3.05, 3.63) is 28.8 Å². The number of ether oxygens (including phenoxy) is 1. The van der Waals surface area contributed by atoms with Crippen molar-refractivity contribution in [2.75, 3.05) is 26.0 Å². The number of nitrogens with one attached hydrogen (secondary N) is 1. The summed E-state index contributed by atoms with van der Waals surface area (Å²) in [7, 11) is -2.46. The minimum absolute atomic E-state index is 0.0599. The molecule has 3 rings (SSSR count). The van der Waals surface area contributed by atoms with Gasteiger partial charge in [0, 0.05) is 30.4 Å². The summed E-state index contributed by atoms with van der Waals surface area (Å²) in [6, 6.07) is 4.14. The molecule has 1 aliphatic heterocycles. The maximum Gasteiger partial charge on any atom is 0.320 e. The summed E-state index contributed by atoms with van der Waals surface area (Å²) >= 11 is 7.49. The molecule has 10 heteroatoms. The second-order valence-corrected chi connectivity index (χ2v) is 9.57. The lowest BCUT2D eigenvalue weighted by Gasteiger charge is -2.31. The Morgan fingerprint density at radius 1 is 1.35 bits per heavy atom. The molecule has 0 bridgehead atoms. The smallest absolute Gasteiger partial charge is 0.320 e. The zero-order chi connectivity index (χ0) is 18.9. The number of methoxy groups -OCH3 is 1. The van der Waals surface area contributed by atoms with Crippen LogP contribution in [0, 0.1) is 0 Å². The normalized spacial score (nSPS) is 20.7. The highest BCUT2D eigenvalue weighted by Gasteiger charge is 2.32. The van der Waals surface area contributed by atoms with Gasteiger partial charge < -0.3 is 9.64 Å². The minimum Gasteiger partial charge on any atom is -0.468 e. The molecular formula is C16H19ClN2O5S2. The van der Waals surface area contributed by atoms with Crippen LogP contribution in [0.1, 0.15) is 23.2 Å². The fourth-order valence-electron chi connectivity index (χ4n) is 2.62. The maximum absolute atomic E-state index is 12.8. The molecule has 1 saturated heterocycles. The van der Waals surface area contributed by atoms with Crippen molar-refractivity contribution in [3.63, 3.8) is 0 Å². The zero-order valence-corrected chi connectivity index (χ0v) is 16.5. The van der Waals surface area contributed by atoms with Gasteiger partial charge in [-0.25, -0.2) is 13.1 Å². The fourth-order valence-corrected chi connectivity index (χ4v) is 5.58. The molecule has 1 aliphatic carbocycles. The van der Waals surface area contributed by atoms with Gasteiger partial charge in [0.1, 0.15) is 10.1 Å². The third-order valence-electron chi connectivity index (χ3n) is 4.18. The number of carbonyl (C=O) groups is 2. The van der Waals surface area contributed by atoms with Crippen molar-refractivity contribution in [2.45, 2.75) is 29.0 Å². The van der Waals surface area contributed by atoms with Gasteiger partial charge in [-0.1, -0.05) is 11.6 Å². The molecule has 0 spiro atoms. The van der Waals surface area contributed by atoms with Gasteiger partial charge in [0.05, 0.1) is 12.1 Å². The first-order valence-electron chi connectivity index (χ1n) is 8.12. The van der Waals surface area contributed by atoms with E-state index in [9.17, 15) is 18.0 Å². The van der Waals surface area contributed by atoms with Crippen LogP contribution in [0.25, 0.3) is 0 Å². The molecule has 2 aliphatic rings. The van der Waals surface area contributed by atoms with Crippen LogP contribution >= 0.6 is 23.4 Å². The lowest BCUT2D eigenvalue weighted by atomic mass is 10.2. The predicted molar refractivity (Wildman–Crippen MR) is 99.0 cm³/mol. The highest BCUT2D eigenvalue weighted by Crippen LogP contribution is 2.28. The number of amides is 1. The summed E-state index contributed by atoms with van der Waals surface area (Å²) in [5.74, 6) is -0.104. The molecule has 1 N–H and O–H groups in total. The maximum atomic E-state index is 12.8. The summed E-state index contributed by atoms with van der Waals surface area (Å²) in [4.78, 5) is 25.9. The highest BCUT2D eigenvalue weighted by molar-refractivity contribution is 8.00. The van der Waals surface area contributed by atoms with Gasteiger partial charge in [-0.3, -0.25) is 9.59 Å². The molecule has 1 aromatic carbocycles. The van der Waals surface area contributed by atoms with Crippen molar-refractivity contribution < 1.29 is 22.7 Å². The van der Waals surface area contributed by atoms with Gasteiger partial charge in [-0.15, -0.1) is 11.8 Å². The first kappa shape index (κ1) is 19.5. The number of benzene rings is 1. The lowest BCUT2D eigenvalue weighted by Crippen LogP contribution is -2.45. The van der Waals surface area contributed by atoms with Gasteiger partial charge in [0.25, 0.3) is 5.91 Å². The van der Waals surface area contributed by atoms with E-state index in [1.165, 1.54) is 42.0 Å². The van der Waals surface area contributed by atoms with Crippen LogP contribution < -0.4 is 4.72 Å². The van der Waals surface area contributed by atoms with E-state index in [-0.39, 0.29) is 39.9 Å². The zero-order valence-electron chi connectivity index (χ0n) is 14.1. The number of nitrogens with zero attached hydrogens (tertiary/aromatic N) is 1. The quantitative estimate of drug-likeness (QED) is 0.728. The summed E-state index contributed by atoms with van der Waals surface area (Å²) in [5, 5.41) is -0.374. The number of sulfonamides is 1. The average Bonchev–Trinajstić information content (AvgIpc) is 3.44. The number of esters is 1. The van der Waals surface area contributed by atoms with Crippen molar-refractivity contribution in [3.8, 4) is 0 Å². The summed E-state index contributed by atoms with van der Waals surface area (Å²) < 4.78 is 32.2. The SMILES string of the molecule is COC(=O)[C@@H]1CN(C(=O)c2ccc(Cl)c(S(=O)(=O)NC3CC3)c2)CCS1. The van der Waals surface area contributed by atoms with Crippen LogP contribution in [0.3, 0.4) is 0 Å². The van der Waals surface area contributed by atoms with E-state index >= 15 is 0 Å². The Labute approximate surface area is 161 Å². The van der Waals surface area contributed by atoms with Crippen molar-refractivity contribution in [1.82, 2.24) is 9.62 Å². The Morgan fingerprint density at radius 3 is 2.73 bits per heavy atom. The third-order valence-corrected chi connectivity index (χ3v) is 7.35. The average molecular weight is 419 g/mol. The molecule has 1 heterocycles. The number of thioether (sulfide) groups is 1. The Kier molecular flexibility index (Phi) is 5.81. The molecule has 0 unspecified atom stereocenters. The molecule has 7 nitrogen and oxygen atoms in total. The van der Waals surface area contributed by atoms with E-state index in [1.54, 1.807) is 0 Å². The van der Waals surface area contributed by atoms with Gasteiger partial charge >= 0.3 is 5.97 Å².